The van der Waals surface area contributed by atoms with Gasteiger partial charge >= 0.3 is 0 Å². The number of carbonyl (C=O) groups excluding carboxylic acids is 2. The highest BCUT2D eigenvalue weighted by Crippen LogP contribution is 2.35. The molecule has 0 radical (unpaired) electrons. The maximum atomic E-state index is 13.1. The number of hydrogen-bond acceptors (Lipinski definition) is 5. The van der Waals surface area contributed by atoms with Gasteiger partial charge in [0.05, 0.1) is 25.5 Å². The van der Waals surface area contributed by atoms with E-state index >= 15 is 0 Å². The Hall–Kier alpha value is -1.99. The summed E-state index contributed by atoms with van der Waals surface area (Å²) in [7, 11) is 3.03. The number of rotatable bonds is 5. The molecule has 0 aromatic heterocycles. The van der Waals surface area contributed by atoms with Gasteiger partial charge in [-0.1, -0.05) is 20.8 Å². The summed E-state index contributed by atoms with van der Waals surface area (Å²) in [6, 6.07) is 3.25. The van der Waals surface area contributed by atoms with Crippen LogP contribution in [0, 0.1) is 11.3 Å². The third kappa shape index (κ3) is 5.26. The Labute approximate surface area is 167 Å². The van der Waals surface area contributed by atoms with E-state index in [9.17, 15) is 9.59 Å². The maximum absolute atomic E-state index is 13.1. The molecule has 152 valence electrons. The number of amides is 2. The zero-order valence-electron chi connectivity index (χ0n) is 16.6. The lowest BCUT2D eigenvalue weighted by Crippen LogP contribution is -2.32. The van der Waals surface area contributed by atoms with Gasteiger partial charge in [0.15, 0.2) is 11.5 Å². The van der Waals surface area contributed by atoms with Crippen molar-refractivity contribution in [3.05, 3.63) is 17.7 Å². The van der Waals surface area contributed by atoms with Crippen LogP contribution in [-0.2, 0) is 4.79 Å². The highest BCUT2D eigenvalue weighted by molar-refractivity contribution is 6.05. The van der Waals surface area contributed by atoms with E-state index in [0.29, 0.717) is 48.3 Å². The van der Waals surface area contributed by atoms with E-state index < -0.39 is 5.41 Å². The van der Waals surface area contributed by atoms with Crippen molar-refractivity contribution in [3.63, 3.8) is 0 Å². The van der Waals surface area contributed by atoms with Crippen LogP contribution >= 0.6 is 12.4 Å². The molecule has 1 unspecified atom stereocenters. The predicted molar refractivity (Wildman–Crippen MR) is 108 cm³/mol. The van der Waals surface area contributed by atoms with Crippen LogP contribution in [-0.4, -0.2) is 50.6 Å². The van der Waals surface area contributed by atoms with Gasteiger partial charge in [0.1, 0.15) is 0 Å². The second-order valence-electron chi connectivity index (χ2n) is 7.60. The molecule has 7 nitrogen and oxygen atoms in total. The molecular weight excluding hydrogens is 370 g/mol. The minimum absolute atomic E-state index is 0. The lowest BCUT2D eigenvalue weighted by Gasteiger charge is -2.23. The van der Waals surface area contributed by atoms with Crippen molar-refractivity contribution in [2.45, 2.75) is 27.2 Å². The fourth-order valence-electron chi connectivity index (χ4n) is 2.85. The standard InChI is InChI=1S/C19H29N3O4.ClH/c1-19(2,3)18(24)21-14-9-16(26-5)15(25-4)8-13(14)17(23)22-7-6-12(10-20)11-22;/h8-9,12H,6-7,10-11,20H2,1-5H3,(H,21,24);1H. The number of benzene rings is 1. The normalized spacial score (nSPS) is 16.5. The van der Waals surface area contributed by atoms with Crippen LogP contribution in [0.15, 0.2) is 12.1 Å². The minimum atomic E-state index is -0.591. The zero-order valence-corrected chi connectivity index (χ0v) is 17.4. The van der Waals surface area contributed by atoms with Gasteiger partial charge in [0.2, 0.25) is 5.91 Å². The first-order valence-electron chi connectivity index (χ1n) is 8.78. The van der Waals surface area contributed by atoms with Gasteiger partial charge in [0.25, 0.3) is 5.91 Å². The summed E-state index contributed by atoms with van der Waals surface area (Å²) < 4.78 is 10.7. The fraction of sp³-hybridized carbons (Fsp3) is 0.579. The Kier molecular flexibility index (Phi) is 7.92. The van der Waals surface area contributed by atoms with Gasteiger partial charge in [0, 0.05) is 24.6 Å². The Balaban J connectivity index is 0.00000364. The summed E-state index contributed by atoms with van der Waals surface area (Å²) in [4.78, 5) is 27.3. The number of nitrogens with two attached hydrogens (primary N) is 1. The van der Waals surface area contributed by atoms with Crippen LogP contribution in [0.3, 0.4) is 0 Å². The van der Waals surface area contributed by atoms with E-state index in [1.165, 1.54) is 14.2 Å². The molecule has 0 bridgehead atoms. The van der Waals surface area contributed by atoms with Crippen LogP contribution in [0.5, 0.6) is 11.5 Å². The summed E-state index contributed by atoms with van der Waals surface area (Å²) in [5.74, 6) is 0.881. The van der Waals surface area contributed by atoms with Crippen LogP contribution < -0.4 is 20.5 Å². The molecule has 1 saturated heterocycles. The lowest BCUT2D eigenvalue weighted by molar-refractivity contribution is -0.123. The molecule has 2 amide bonds. The molecule has 1 aliphatic heterocycles. The Morgan fingerprint density at radius 3 is 2.30 bits per heavy atom. The number of carbonyl (C=O) groups is 2. The molecule has 1 aromatic carbocycles. The number of hydrogen-bond donors (Lipinski definition) is 2. The second kappa shape index (κ2) is 9.28. The number of nitrogens with one attached hydrogen (secondary N) is 1. The molecule has 27 heavy (non-hydrogen) atoms. The van der Waals surface area contributed by atoms with E-state index in [-0.39, 0.29) is 24.2 Å². The van der Waals surface area contributed by atoms with Gasteiger partial charge in [-0.2, -0.15) is 0 Å². The first-order chi connectivity index (χ1) is 12.2. The number of ether oxygens (including phenoxy) is 2. The molecule has 0 saturated carbocycles. The maximum Gasteiger partial charge on any atom is 0.256 e. The van der Waals surface area contributed by atoms with Crippen molar-refractivity contribution in [1.82, 2.24) is 4.90 Å². The van der Waals surface area contributed by atoms with Crippen molar-refractivity contribution in [3.8, 4) is 11.5 Å². The van der Waals surface area contributed by atoms with Gasteiger partial charge < -0.3 is 25.4 Å². The topological polar surface area (TPSA) is 93.9 Å². The fourth-order valence-corrected chi connectivity index (χ4v) is 2.85. The third-order valence-corrected chi connectivity index (χ3v) is 4.59. The van der Waals surface area contributed by atoms with Crippen molar-refractivity contribution < 1.29 is 19.1 Å². The third-order valence-electron chi connectivity index (χ3n) is 4.59. The average Bonchev–Trinajstić information content (AvgIpc) is 3.09. The zero-order chi connectivity index (χ0) is 19.5. The second-order valence-corrected chi connectivity index (χ2v) is 7.60. The predicted octanol–water partition coefficient (Wildman–Crippen LogP) is 2.53. The van der Waals surface area contributed by atoms with Crippen LogP contribution in [0.1, 0.15) is 37.6 Å². The molecule has 3 N–H and O–H groups in total. The highest BCUT2D eigenvalue weighted by Gasteiger charge is 2.30. The molecule has 1 aromatic rings. The van der Waals surface area contributed by atoms with Crippen LogP contribution in [0.4, 0.5) is 5.69 Å². The van der Waals surface area contributed by atoms with Crippen molar-refractivity contribution in [2.75, 3.05) is 39.2 Å². The Morgan fingerprint density at radius 2 is 1.81 bits per heavy atom. The van der Waals surface area contributed by atoms with Gasteiger partial charge in [-0.3, -0.25) is 9.59 Å². The van der Waals surface area contributed by atoms with E-state index in [1.807, 2.05) is 20.8 Å². The number of nitrogens with zero attached hydrogens (tertiary/aromatic N) is 1. The first-order valence-corrected chi connectivity index (χ1v) is 8.78. The van der Waals surface area contributed by atoms with E-state index in [4.69, 9.17) is 15.2 Å². The van der Waals surface area contributed by atoms with Gasteiger partial charge in [-0.05, 0) is 24.9 Å². The quantitative estimate of drug-likeness (QED) is 0.793. The smallest absolute Gasteiger partial charge is 0.256 e. The summed E-state index contributed by atoms with van der Waals surface area (Å²) >= 11 is 0. The Bertz CT molecular complexity index is 688. The number of anilines is 1. The molecule has 2 rings (SSSR count). The molecular formula is C19H30ClN3O4. The van der Waals surface area contributed by atoms with Crippen molar-refractivity contribution in [1.29, 1.82) is 0 Å². The molecule has 1 heterocycles. The van der Waals surface area contributed by atoms with Crippen LogP contribution in [0.25, 0.3) is 0 Å². The SMILES string of the molecule is COc1cc(NC(=O)C(C)(C)C)c(C(=O)N2CCC(CN)C2)cc1OC.Cl. The number of halogens is 1. The monoisotopic (exact) mass is 399 g/mol. The summed E-state index contributed by atoms with van der Waals surface area (Å²) in [6.07, 6.45) is 0.888. The van der Waals surface area contributed by atoms with Crippen molar-refractivity contribution in [2.24, 2.45) is 17.1 Å². The molecule has 1 fully saturated rings. The van der Waals surface area contributed by atoms with Crippen molar-refractivity contribution >= 4 is 29.9 Å². The summed E-state index contributed by atoms with van der Waals surface area (Å²) in [6.45, 7) is 7.28. The average molecular weight is 400 g/mol. The number of likely N-dealkylation sites (tertiary alicyclic amines) is 1. The van der Waals surface area contributed by atoms with E-state index in [1.54, 1.807) is 17.0 Å². The molecule has 0 aliphatic carbocycles. The van der Waals surface area contributed by atoms with E-state index in [2.05, 4.69) is 5.32 Å². The minimum Gasteiger partial charge on any atom is -0.493 e. The Morgan fingerprint density at radius 1 is 1.22 bits per heavy atom. The molecule has 1 atom stereocenters. The number of methoxy groups -OCH3 is 2. The molecule has 8 heteroatoms. The molecule has 1 aliphatic rings. The summed E-state index contributed by atoms with van der Waals surface area (Å²) in [5, 5.41) is 2.86. The van der Waals surface area contributed by atoms with Crippen LogP contribution in [0.2, 0.25) is 0 Å². The lowest BCUT2D eigenvalue weighted by atomic mass is 9.95. The molecule has 0 spiro atoms. The van der Waals surface area contributed by atoms with E-state index in [0.717, 1.165) is 6.42 Å². The van der Waals surface area contributed by atoms with Gasteiger partial charge in [-0.25, -0.2) is 0 Å². The highest BCUT2D eigenvalue weighted by atomic mass is 35.5. The van der Waals surface area contributed by atoms with Gasteiger partial charge in [-0.15, -0.1) is 12.4 Å². The largest absolute Gasteiger partial charge is 0.493 e. The summed E-state index contributed by atoms with van der Waals surface area (Å²) in [5.41, 5.74) is 5.95. The first kappa shape index (κ1) is 23.0.